The average Bonchev–Trinajstić information content (AvgIpc) is 2.81. The van der Waals surface area contributed by atoms with Crippen LogP contribution in [-0.4, -0.2) is 16.3 Å². The summed E-state index contributed by atoms with van der Waals surface area (Å²) in [6.45, 7) is 7.89. The van der Waals surface area contributed by atoms with Crippen LogP contribution in [0.5, 0.6) is 0 Å². The van der Waals surface area contributed by atoms with Crippen molar-refractivity contribution in [2.24, 2.45) is 0 Å². The van der Waals surface area contributed by atoms with Crippen molar-refractivity contribution in [1.29, 1.82) is 0 Å². The maximum atomic E-state index is 6.50. The molecule has 0 bridgehead atoms. The molecule has 1 unspecified atom stereocenters. The van der Waals surface area contributed by atoms with Gasteiger partial charge in [-0.2, -0.15) is 5.10 Å². The highest BCUT2D eigenvalue weighted by Crippen LogP contribution is 2.33. The Balaban J connectivity index is 2.56. The molecule has 108 valence electrons. The van der Waals surface area contributed by atoms with Gasteiger partial charge in [0.15, 0.2) is 0 Å². The first-order valence-corrected chi connectivity index (χ1v) is 7.96. The van der Waals surface area contributed by atoms with Gasteiger partial charge < -0.3 is 5.32 Å². The van der Waals surface area contributed by atoms with Gasteiger partial charge in [0.2, 0.25) is 0 Å². The van der Waals surface area contributed by atoms with Crippen LogP contribution in [0.15, 0.2) is 28.9 Å². The normalized spacial score (nSPS) is 12.7. The number of nitrogens with one attached hydrogen (secondary N) is 1. The van der Waals surface area contributed by atoms with E-state index in [2.05, 4.69) is 46.3 Å². The van der Waals surface area contributed by atoms with Gasteiger partial charge in [-0.1, -0.05) is 36.7 Å². The molecule has 1 aromatic carbocycles. The van der Waals surface area contributed by atoms with E-state index in [1.807, 2.05) is 29.9 Å². The molecule has 1 N–H and O–H groups in total. The number of hydrogen-bond donors (Lipinski definition) is 1. The first kappa shape index (κ1) is 15.5. The van der Waals surface area contributed by atoms with E-state index in [1.54, 1.807) is 0 Å². The van der Waals surface area contributed by atoms with Crippen LogP contribution in [0.1, 0.15) is 36.7 Å². The molecule has 2 aromatic rings. The van der Waals surface area contributed by atoms with Crippen LogP contribution in [0.25, 0.3) is 0 Å². The molecule has 0 aliphatic carbocycles. The Hall–Kier alpha value is -0.840. The van der Waals surface area contributed by atoms with Gasteiger partial charge >= 0.3 is 0 Å². The standard InChI is InChI=1S/C15H19BrClN3/c1-4-18-14(11-8-6-7-10(3)13(11)17)15-12(16)9-19-20(15)5-2/h6-9,14,18H,4-5H2,1-3H3. The predicted molar refractivity (Wildman–Crippen MR) is 87.3 cm³/mol. The molecule has 1 aromatic heterocycles. The zero-order valence-electron chi connectivity index (χ0n) is 12.0. The Morgan fingerprint density at radius 3 is 2.80 bits per heavy atom. The van der Waals surface area contributed by atoms with Crippen molar-refractivity contribution in [3.63, 3.8) is 0 Å². The summed E-state index contributed by atoms with van der Waals surface area (Å²) in [5.74, 6) is 0. The highest BCUT2D eigenvalue weighted by atomic mass is 79.9. The topological polar surface area (TPSA) is 29.9 Å². The van der Waals surface area contributed by atoms with Crippen molar-refractivity contribution in [2.75, 3.05) is 6.54 Å². The van der Waals surface area contributed by atoms with E-state index in [9.17, 15) is 0 Å². The number of rotatable bonds is 5. The summed E-state index contributed by atoms with van der Waals surface area (Å²) >= 11 is 10.1. The zero-order valence-corrected chi connectivity index (χ0v) is 14.3. The minimum Gasteiger partial charge on any atom is -0.305 e. The third-order valence-corrected chi connectivity index (χ3v) is 4.47. The third kappa shape index (κ3) is 2.92. The fraction of sp³-hybridized carbons (Fsp3) is 0.400. The summed E-state index contributed by atoms with van der Waals surface area (Å²) in [7, 11) is 0. The fourth-order valence-corrected chi connectivity index (χ4v) is 3.12. The van der Waals surface area contributed by atoms with Crippen LogP contribution in [0.2, 0.25) is 5.02 Å². The molecule has 0 fully saturated rings. The van der Waals surface area contributed by atoms with E-state index in [0.717, 1.165) is 39.4 Å². The van der Waals surface area contributed by atoms with E-state index in [0.29, 0.717) is 0 Å². The second-order valence-corrected chi connectivity index (χ2v) is 5.89. The molecule has 0 spiro atoms. The summed E-state index contributed by atoms with van der Waals surface area (Å²) < 4.78 is 3.00. The number of aryl methyl sites for hydroxylation is 2. The summed E-state index contributed by atoms with van der Waals surface area (Å²) in [4.78, 5) is 0. The van der Waals surface area contributed by atoms with Gasteiger partial charge in [-0.3, -0.25) is 4.68 Å². The van der Waals surface area contributed by atoms with Crippen LogP contribution in [-0.2, 0) is 6.54 Å². The fourth-order valence-electron chi connectivity index (χ4n) is 2.36. The summed E-state index contributed by atoms with van der Waals surface area (Å²) in [5.41, 5.74) is 3.29. The monoisotopic (exact) mass is 355 g/mol. The Morgan fingerprint density at radius 2 is 2.15 bits per heavy atom. The third-order valence-electron chi connectivity index (χ3n) is 3.35. The molecule has 3 nitrogen and oxygen atoms in total. The van der Waals surface area contributed by atoms with Crippen LogP contribution >= 0.6 is 27.5 Å². The zero-order chi connectivity index (χ0) is 14.7. The van der Waals surface area contributed by atoms with Crippen molar-refractivity contribution in [1.82, 2.24) is 15.1 Å². The molecule has 1 atom stereocenters. The molecule has 2 rings (SSSR count). The number of hydrogen-bond acceptors (Lipinski definition) is 2. The summed E-state index contributed by atoms with van der Waals surface area (Å²) in [6.07, 6.45) is 1.84. The van der Waals surface area contributed by atoms with Gasteiger partial charge in [0.05, 0.1) is 22.4 Å². The van der Waals surface area contributed by atoms with E-state index >= 15 is 0 Å². The van der Waals surface area contributed by atoms with E-state index in [1.165, 1.54) is 0 Å². The van der Waals surface area contributed by atoms with E-state index in [4.69, 9.17) is 11.6 Å². The predicted octanol–water partition coefficient (Wildman–Crippen LogP) is 4.33. The van der Waals surface area contributed by atoms with Crippen molar-refractivity contribution >= 4 is 27.5 Å². The van der Waals surface area contributed by atoms with Crippen LogP contribution < -0.4 is 5.32 Å². The Labute approximate surface area is 133 Å². The molecule has 1 heterocycles. The highest BCUT2D eigenvalue weighted by molar-refractivity contribution is 9.10. The molecular formula is C15H19BrClN3. The highest BCUT2D eigenvalue weighted by Gasteiger charge is 2.23. The van der Waals surface area contributed by atoms with Crippen molar-refractivity contribution in [3.8, 4) is 0 Å². The molecule has 0 amide bonds. The van der Waals surface area contributed by atoms with Crippen LogP contribution in [0.4, 0.5) is 0 Å². The van der Waals surface area contributed by atoms with Gasteiger partial charge in [0.25, 0.3) is 0 Å². The summed E-state index contributed by atoms with van der Waals surface area (Å²) in [6, 6.07) is 6.18. The quantitative estimate of drug-likeness (QED) is 0.864. The van der Waals surface area contributed by atoms with Crippen molar-refractivity contribution < 1.29 is 0 Å². The Bertz CT molecular complexity index is 595. The maximum Gasteiger partial charge on any atom is 0.0774 e. The van der Waals surface area contributed by atoms with Gasteiger partial charge in [0.1, 0.15) is 0 Å². The Kier molecular flexibility index (Phi) is 5.24. The lowest BCUT2D eigenvalue weighted by molar-refractivity contribution is 0.541. The van der Waals surface area contributed by atoms with Gasteiger partial charge in [0, 0.05) is 11.6 Å². The second kappa shape index (κ2) is 6.74. The second-order valence-electron chi connectivity index (χ2n) is 4.66. The molecule has 0 aliphatic rings. The largest absolute Gasteiger partial charge is 0.305 e. The minimum atomic E-state index is 0.0317. The number of aromatic nitrogens is 2. The smallest absolute Gasteiger partial charge is 0.0774 e. The van der Waals surface area contributed by atoms with Crippen molar-refractivity contribution in [2.45, 2.75) is 33.4 Å². The van der Waals surface area contributed by atoms with Gasteiger partial charge in [-0.05, 0) is 47.4 Å². The Morgan fingerprint density at radius 1 is 1.40 bits per heavy atom. The van der Waals surface area contributed by atoms with Gasteiger partial charge in [-0.15, -0.1) is 0 Å². The molecule has 0 aliphatic heterocycles. The van der Waals surface area contributed by atoms with Gasteiger partial charge in [-0.25, -0.2) is 0 Å². The van der Waals surface area contributed by atoms with Crippen LogP contribution in [0, 0.1) is 6.92 Å². The number of nitrogens with zero attached hydrogens (tertiary/aromatic N) is 2. The molecule has 0 saturated heterocycles. The molecule has 5 heteroatoms. The minimum absolute atomic E-state index is 0.0317. The lowest BCUT2D eigenvalue weighted by Crippen LogP contribution is -2.25. The molecule has 20 heavy (non-hydrogen) atoms. The lowest BCUT2D eigenvalue weighted by atomic mass is 10.0. The number of benzene rings is 1. The van der Waals surface area contributed by atoms with Crippen molar-refractivity contribution in [3.05, 3.63) is 50.7 Å². The molecule has 0 saturated carbocycles. The van der Waals surface area contributed by atoms with E-state index < -0.39 is 0 Å². The molecule has 0 radical (unpaired) electrons. The first-order valence-electron chi connectivity index (χ1n) is 6.79. The molecular weight excluding hydrogens is 338 g/mol. The SMILES string of the molecule is CCNC(c1cccc(C)c1Cl)c1c(Br)cnn1CC. The lowest BCUT2D eigenvalue weighted by Gasteiger charge is -2.22. The number of halogens is 2. The van der Waals surface area contributed by atoms with Crippen LogP contribution in [0.3, 0.4) is 0 Å². The van der Waals surface area contributed by atoms with E-state index in [-0.39, 0.29) is 6.04 Å². The summed E-state index contributed by atoms with van der Waals surface area (Å²) in [5, 5.41) is 8.73. The average molecular weight is 357 g/mol. The maximum absolute atomic E-state index is 6.50. The first-order chi connectivity index (χ1) is 9.60.